The molecule has 1 aromatic heterocycles. The molecule has 0 saturated carbocycles. The van der Waals surface area contributed by atoms with E-state index in [1.165, 1.54) is 0 Å². The van der Waals surface area contributed by atoms with Crippen molar-refractivity contribution >= 4 is 18.1 Å². The number of aromatic nitrogens is 3. The zero-order valence-electron chi connectivity index (χ0n) is 9.91. The number of hydrogen-bond acceptors (Lipinski definition) is 3. The average molecular weight is 242 g/mol. The molecule has 1 atom stereocenters. The maximum absolute atomic E-state index is 11.5. The molecule has 1 aromatic rings. The molecule has 1 heterocycles. The van der Waals surface area contributed by atoms with Crippen molar-refractivity contribution in [1.29, 1.82) is 0 Å². The van der Waals surface area contributed by atoms with Crippen LogP contribution in [0, 0.1) is 11.7 Å². The predicted molar refractivity (Wildman–Crippen MR) is 64.7 cm³/mol. The summed E-state index contributed by atoms with van der Waals surface area (Å²) in [4.78, 5) is 11.5. The Hall–Kier alpha value is -1.17. The van der Waals surface area contributed by atoms with Crippen LogP contribution in [0.5, 0.6) is 0 Å². The minimum Gasteiger partial charge on any atom is -0.354 e. The predicted octanol–water partition coefficient (Wildman–Crippen LogP) is 1.55. The third-order valence-electron chi connectivity index (χ3n) is 2.53. The molecule has 0 aromatic carbocycles. The first-order chi connectivity index (χ1) is 7.54. The number of hydrogen-bond donors (Lipinski definition) is 2. The molecule has 0 aliphatic heterocycles. The van der Waals surface area contributed by atoms with E-state index in [-0.39, 0.29) is 11.9 Å². The van der Waals surface area contributed by atoms with Crippen molar-refractivity contribution < 1.29 is 4.79 Å². The molecule has 16 heavy (non-hydrogen) atoms. The number of carbonyl (C=O) groups excluding carboxylic acids is 1. The van der Waals surface area contributed by atoms with Crippen molar-refractivity contribution in [1.82, 2.24) is 20.1 Å². The van der Waals surface area contributed by atoms with Crippen LogP contribution in [-0.4, -0.2) is 26.7 Å². The minimum absolute atomic E-state index is 0.0526. The summed E-state index contributed by atoms with van der Waals surface area (Å²) in [5.41, 5.74) is 0. The number of aryl methyl sites for hydroxylation is 1. The molecule has 90 valence electrons. The number of nitrogens with zero attached hydrogens (tertiary/aromatic N) is 2. The van der Waals surface area contributed by atoms with Gasteiger partial charge in [0, 0.05) is 19.0 Å². The molecule has 0 radical (unpaired) electrons. The Kier molecular flexibility index (Phi) is 4.67. The van der Waals surface area contributed by atoms with E-state index < -0.39 is 0 Å². The highest BCUT2D eigenvalue weighted by molar-refractivity contribution is 7.71. The first-order valence-corrected chi connectivity index (χ1v) is 5.86. The molecule has 5 nitrogen and oxygen atoms in total. The smallest absolute Gasteiger partial charge is 0.222 e. The van der Waals surface area contributed by atoms with Crippen LogP contribution in [0.1, 0.15) is 32.5 Å². The monoisotopic (exact) mass is 242 g/mol. The van der Waals surface area contributed by atoms with Gasteiger partial charge in [-0.3, -0.25) is 9.89 Å². The van der Waals surface area contributed by atoms with Crippen LogP contribution in [0.3, 0.4) is 0 Å². The molecule has 2 N–H and O–H groups in total. The lowest BCUT2D eigenvalue weighted by molar-refractivity contribution is -0.121. The van der Waals surface area contributed by atoms with E-state index in [1.54, 1.807) is 0 Å². The van der Waals surface area contributed by atoms with Gasteiger partial charge in [-0.15, -0.1) is 0 Å². The van der Waals surface area contributed by atoms with Crippen LogP contribution in [0.15, 0.2) is 0 Å². The Morgan fingerprint density at radius 2 is 2.38 bits per heavy atom. The van der Waals surface area contributed by atoms with E-state index in [0.29, 0.717) is 17.7 Å². The molecule has 1 rings (SSSR count). The minimum atomic E-state index is 0.0526. The number of H-pyrrole nitrogens is 1. The Morgan fingerprint density at radius 1 is 1.69 bits per heavy atom. The van der Waals surface area contributed by atoms with E-state index in [1.807, 2.05) is 25.3 Å². The largest absolute Gasteiger partial charge is 0.354 e. The van der Waals surface area contributed by atoms with Gasteiger partial charge in [-0.25, -0.2) is 0 Å². The van der Waals surface area contributed by atoms with Gasteiger partial charge in [0.1, 0.15) is 5.82 Å². The summed E-state index contributed by atoms with van der Waals surface area (Å²) in [7, 11) is 0. The third kappa shape index (κ3) is 3.44. The van der Waals surface area contributed by atoms with Crippen molar-refractivity contribution in [2.24, 2.45) is 0 Å². The average Bonchev–Trinajstić information content (AvgIpc) is 2.56. The lowest BCUT2D eigenvalue weighted by Crippen LogP contribution is -2.32. The SMILES string of the molecule is CCC(C)NC(=O)CCn1c(C)n[nH]c1=S. The van der Waals surface area contributed by atoms with Gasteiger partial charge in [0.15, 0.2) is 4.77 Å². The number of aromatic amines is 1. The molecule has 1 amide bonds. The van der Waals surface area contributed by atoms with Gasteiger partial charge in [-0.2, -0.15) is 5.10 Å². The highest BCUT2D eigenvalue weighted by atomic mass is 32.1. The van der Waals surface area contributed by atoms with Crippen LogP contribution in [0.4, 0.5) is 0 Å². The van der Waals surface area contributed by atoms with Gasteiger partial charge >= 0.3 is 0 Å². The van der Waals surface area contributed by atoms with E-state index in [4.69, 9.17) is 12.2 Å². The fourth-order valence-electron chi connectivity index (χ4n) is 1.32. The maximum Gasteiger partial charge on any atom is 0.222 e. The fraction of sp³-hybridized carbons (Fsp3) is 0.700. The summed E-state index contributed by atoms with van der Waals surface area (Å²) >= 11 is 5.05. The number of amides is 1. The van der Waals surface area contributed by atoms with Crippen molar-refractivity contribution in [3.8, 4) is 0 Å². The van der Waals surface area contributed by atoms with Crippen molar-refractivity contribution in [3.05, 3.63) is 10.6 Å². The Bertz CT molecular complexity index is 409. The molecule has 0 saturated heterocycles. The quantitative estimate of drug-likeness (QED) is 0.770. The molecule has 1 unspecified atom stereocenters. The van der Waals surface area contributed by atoms with E-state index in [2.05, 4.69) is 15.5 Å². The zero-order chi connectivity index (χ0) is 12.1. The second kappa shape index (κ2) is 5.79. The van der Waals surface area contributed by atoms with Gasteiger partial charge < -0.3 is 9.88 Å². The Balaban J connectivity index is 2.46. The Morgan fingerprint density at radius 3 is 2.88 bits per heavy atom. The number of nitrogens with one attached hydrogen (secondary N) is 2. The van der Waals surface area contributed by atoms with Crippen LogP contribution >= 0.6 is 12.2 Å². The number of rotatable bonds is 5. The summed E-state index contributed by atoms with van der Waals surface area (Å²) < 4.78 is 2.39. The van der Waals surface area contributed by atoms with Gasteiger partial charge in [0.05, 0.1) is 0 Å². The zero-order valence-corrected chi connectivity index (χ0v) is 10.7. The summed E-state index contributed by atoms with van der Waals surface area (Å²) in [5.74, 6) is 0.859. The standard InChI is InChI=1S/C10H18N4OS/c1-4-7(2)11-9(15)5-6-14-8(3)12-13-10(14)16/h7H,4-6H2,1-3H3,(H,11,15)(H,13,16). The van der Waals surface area contributed by atoms with E-state index in [0.717, 1.165) is 12.2 Å². The summed E-state index contributed by atoms with van der Waals surface area (Å²) in [6, 6.07) is 0.228. The second-order valence-electron chi connectivity index (χ2n) is 3.85. The lowest BCUT2D eigenvalue weighted by atomic mass is 10.2. The first kappa shape index (κ1) is 12.9. The third-order valence-corrected chi connectivity index (χ3v) is 2.84. The maximum atomic E-state index is 11.5. The van der Waals surface area contributed by atoms with Gasteiger partial charge in [0.25, 0.3) is 0 Å². The highest BCUT2D eigenvalue weighted by Gasteiger charge is 2.07. The van der Waals surface area contributed by atoms with Crippen LogP contribution in [0.2, 0.25) is 0 Å². The molecular formula is C10H18N4OS. The van der Waals surface area contributed by atoms with Crippen LogP contribution < -0.4 is 5.32 Å². The molecule has 0 fully saturated rings. The normalized spacial score (nSPS) is 12.4. The molecule has 0 aliphatic rings. The molecular weight excluding hydrogens is 224 g/mol. The fourth-order valence-corrected chi connectivity index (χ4v) is 1.59. The summed E-state index contributed by atoms with van der Waals surface area (Å²) in [6.45, 7) is 6.47. The second-order valence-corrected chi connectivity index (χ2v) is 4.24. The Labute approximate surface area is 100 Å². The van der Waals surface area contributed by atoms with Crippen molar-refractivity contribution in [3.63, 3.8) is 0 Å². The van der Waals surface area contributed by atoms with Crippen LogP contribution in [0.25, 0.3) is 0 Å². The summed E-state index contributed by atoms with van der Waals surface area (Å²) in [5, 5.41) is 9.60. The van der Waals surface area contributed by atoms with Gasteiger partial charge in [0.2, 0.25) is 5.91 Å². The van der Waals surface area contributed by atoms with Crippen LogP contribution in [-0.2, 0) is 11.3 Å². The number of carbonyl (C=O) groups is 1. The molecule has 6 heteroatoms. The topological polar surface area (TPSA) is 62.7 Å². The summed E-state index contributed by atoms with van der Waals surface area (Å²) in [6.07, 6.45) is 1.37. The lowest BCUT2D eigenvalue weighted by Gasteiger charge is -2.11. The van der Waals surface area contributed by atoms with Crippen molar-refractivity contribution in [2.45, 2.75) is 46.2 Å². The molecule has 0 spiro atoms. The molecule has 0 aliphatic carbocycles. The van der Waals surface area contributed by atoms with Gasteiger partial charge in [-0.1, -0.05) is 6.92 Å². The first-order valence-electron chi connectivity index (χ1n) is 5.45. The van der Waals surface area contributed by atoms with Gasteiger partial charge in [-0.05, 0) is 32.5 Å². The van der Waals surface area contributed by atoms with E-state index >= 15 is 0 Å². The highest BCUT2D eigenvalue weighted by Crippen LogP contribution is 1.98. The molecule has 0 bridgehead atoms. The van der Waals surface area contributed by atoms with Crippen molar-refractivity contribution in [2.75, 3.05) is 0 Å². The van der Waals surface area contributed by atoms with E-state index in [9.17, 15) is 4.79 Å².